The van der Waals surface area contributed by atoms with Gasteiger partial charge in [-0.3, -0.25) is 14.4 Å². The average Bonchev–Trinajstić information content (AvgIpc) is 3.46. The smallest absolute Gasteiger partial charge is 0.444 e. The van der Waals surface area contributed by atoms with Crippen molar-refractivity contribution in [2.24, 2.45) is 5.92 Å². The minimum absolute atomic E-state index is 0.0377. The Kier molecular flexibility index (Phi) is 12.0. The summed E-state index contributed by atoms with van der Waals surface area (Å²) in [5.41, 5.74) is -0.512. The second kappa shape index (κ2) is 16.0. The van der Waals surface area contributed by atoms with Crippen LogP contribution in [0.4, 0.5) is 28.0 Å². The molecular formula is C32H39F4N7O6. The molecule has 1 aliphatic rings. The first-order chi connectivity index (χ1) is 23.0. The highest BCUT2D eigenvalue weighted by Crippen LogP contribution is 2.24. The predicted molar refractivity (Wildman–Crippen MR) is 168 cm³/mol. The summed E-state index contributed by atoms with van der Waals surface area (Å²) in [5, 5.41) is 12.7. The standard InChI is InChI=1S/C32H39F4N7O6/c1-31(2,3)49-30(47)42-11-5-7-22(18-42)15-27(44)38-24-10-13-41(28(45)16-24)12-9-23(33)19-43-20-26(39-40-43)29(46)37-17-21-6-4-8-25(14-21)48-32(34,35)36/h4,6,8,10,13-14,16,20,22-23H,5,7,9,11-12,15,17-19H2,1-3H3,(H,37,46)(H,38,44). The summed E-state index contributed by atoms with van der Waals surface area (Å²) >= 11 is 0. The number of hydrogen-bond acceptors (Lipinski definition) is 8. The van der Waals surface area contributed by atoms with Gasteiger partial charge in [0.05, 0.1) is 12.7 Å². The van der Waals surface area contributed by atoms with Gasteiger partial charge < -0.3 is 29.6 Å². The highest BCUT2D eigenvalue weighted by molar-refractivity contribution is 5.92. The third kappa shape index (κ3) is 12.2. The number of hydrogen-bond donors (Lipinski definition) is 2. The van der Waals surface area contributed by atoms with E-state index in [-0.39, 0.29) is 50.0 Å². The number of carbonyl (C=O) groups is 3. The summed E-state index contributed by atoms with van der Waals surface area (Å²) < 4.78 is 63.9. The number of aryl methyl sites for hydroxylation is 1. The van der Waals surface area contributed by atoms with Gasteiger partial charge in [-0.05, 0) is 69.7 Å². The Bertz CT molecular complexity index is 1670. The fourth-order valence-corrected chi connectivity index (χ4v) is 5.16. The second-order valence-corrected chi connectivity index (χ2v) is 12.7. The van der Waals surface area contributed by atoms with Crippen LogP contribution in [0.15, 0.2) is 53.6 Å². The Morgan fingerprint density at radius 3 is 2.61 bits per heavy atom. The number of pyridine rings is 1. The van der Waals surface area contributed by atoms with Gasteiger partial charge in [0, 0.05) is 50.6 Å². The van der Waals surface area contributed by atoms with E-state index < -0.39 is 41.4 Å². The lowest BCUT2D eigenvalue weighted by Gasteiger charge is -2.33. The summed E-state index contributed by atoms with van der Waals surface area (Å²) in [6.45, 7) is 6.03. The second-order valence-electron chi connectivity index (χ2n) is 12.7. The van der Waals surface area contributed by atoms with Gasteiger partial charge in [-0.2, -0.15) is 0 Å². The van der Waals surface area contributed by atoms with E-state index >= 15 is 0 Å². The maximum Gasteiger partial charge on any atom is 0.573 e. The molecule has 0 bridgehead atoms. The molecule has 13 nitrogen and oxygen atoms in total. The van der Waals surface area contributed by atoms with Gasteiger partial charge in [0.15, 0.2) is 5.69 Å². The van der Waals surface area contributed by atoms with Gasteiger partial charge >= 0.3 is 12.5 Å². The molecule has 0 aliphatic carbocycles. The first-order valence-electron chi connectivity index (χ1n) is 15.7. The van der Waals surface area contributed by atoms with E-state index in [0.717, 1.165) is 29.7 Å². The first-order valence-corrected chi connectivity index (χ1v) is 15.7. The number of amides is 3. The molecule has 2 atom stereocenters. The summed E-state index contributed by atoms with van der Waals surface area (Å²) in [7, 11) is 0. The van der Waals surface area contributed by atoms with Crippen LogP contribution in [0, 0.1) is 5.92 Å². The Morgan fingerprint density at radius 1 is 1.12 bits per heavy atom. The number of alkyl halides is 4. The number of benzene rings is 1. The number of carbonyl (C=O) groups excluding carboxylic acids is 3. The van der Waals surface area contributed by atoms with Crippen LogP contribution < -0.4 is 20.9 Å². The molecule has 3 amide bonds. The number of halogens is 4. The van der Waals surface area contributed by atoms with Crippen molar-refractivity contribution in [2.75, 3.05) is 18.4 Å². The zero-order valence-corrected chi connectivity index (χ0v) is 27.3. The quantitative estimate of drug-likeness (QED) is 0.260. The molecule has 17 heteroatoms. The van der Waals surface area contributed by atoms with Crippen molar-refractivity contribution in [3.63, 3.8) is 0 Å². The fourth-order valence-electron chi connectivity index (χ4n) is 5.16. The lowest BCUT2D eigenvalue weighted by atomic mass is 9.94. The first kappa shape index (κ1) is 36.9. The van der Waals surface area contributed by atoms with Crippen molar-refractivity contribution in [1.82, 2.24) is 29.8 Å². The fraction of sp³-hybridized carbons (Fsp3) is 0.500. The SMILES string of the molecule is CC(C)(C)OC(=O)N1CCCC(CC(=O)Nc2ccn(CCC(F)Cn3cc(C(=O)NCc4cccc(OC(F)(F)F)c4)nn3)c(=O)c2)C1. The zero-order valence-electron chi connectivity index (χ0n) is 27.3. The van der Waals surface area contributed by atoms with E-state index in [0.29, 0.717) is 24.3 Å². The number of anilines is 1. The lowest BCUT2D eigenvalue weighted by Crippen LogP contribution is -2.43. The number of ether oxygens (including phenoxy) is 2. The molecule has 0 saturated carbocycles. The molecule has 4 rings (SSSR count). The van der Waals surface area contributed by atoms with Crippen LogP contribution in [-0.4, -0.2) is 73.6 Å². The minimum Gasteiger partial charge on any atom is -0.444 e. The molecule has 266 valence electrons. The third-order valence-corrected chi connectivity index (χ3v) is 7.35. The van der Waals surface area contributed by atoms with Gasteiger partial charge in [0.1, 0.15) is 17.5 Å². The van der Waals surface area contributed by atoms with E-state index in [1.54, 1.807) is 31.7 Å². The largest absolute Gasteiger partial charge is 0.573 e. The van der Waals surface area contributed by atoms with Crippen LogP contribution in [0.1, 0.15) is 62.5 Å². The van der Waals surface area contributed by atoms with Crippen LogP contribution in [0.25, 0.3) is 0 Å². The normalized spacial score (nSPS) is 15.7. The maximum atomic E-state index is 14.8. The number of nitrogens with zero attached hydrogens (tertiary/aromatic N) is 5. The maximum absolute atomic E-state index is 14.8. The van der Waals surface area contributed by atoms with Crippen molar-refractivity contribution < 1.29 is 41.4 Å². The molecule has 3 aromatic rings. The highest BCUT2D eigenvalue weighted by atomic mass is 19.4. The van der Waals surface area contributed by atoms with Crippen LogP contribution >= 0.6 is 0 Å². The van der Waals surface area contributed by atoms with Crippen molar-refractivity contribution >= 4 is 23.6 Å². The van der Waals surface area contributed by atoms with E-state index in [4.69, 9.17) is 4.74 Å². The van der Waals surface area contributed by atoms with Crippen molar-refractivity contribution in [1.29, 1.82) is 0 Å². The molecule has 1 aliphatic heterocycles. The van der Waals surface area contributed by atoms with Gasteiger partial charge in [0.25, 0.3) is 11.5 Å². The monoisotopic (exact) mass is 693 g/mol. The number of aromatic nitrogens is 4. The minimum atomic E-state index is -4.85. The molecule has 3 heterocycles. The van der Waals surface area contributed by atoms with Crippen LogP contribution in [0.2, 0.25) is 0 Å². The third-order valence-electron chi connectivity index (χ3n) is 7.35. The highest BCUT2D eigenvalue weighted by Gasteiger charge is 2.31. The van der Waals surface area contributed by atoms with E-state index in [9.17, 15) is 36.7 Å². The van der Waals surface area contributed by atoms with Crippen molar-refractivity contribution in [3.8, 4) is 5.75 Å². The van der Waals surface area contributed by atoms with Crippen LogP contribution in [-0.2, 0) is 29.2 Å². The summed E-state index contributed by atoms with van der Waals surface area (Å²) in [6.07, 6.45) is -2.36. The molecule has 1 saturated heterocycles. The van der Waals surface area contributed by atoms with E-state index in [1.165, 1.54) is 35.2 Å². The molecule has 0 radical (unpaired) electrons. The summed E-state index contributed by atoms with van der Waals surface area (Å²) in [6, 6.07) is 7.92. The number of likely N-dealkylation sites (tertiary alicyclic amines) is 1. The van der Waals surface area contributed by atoms with E-state index in [1.807, 2.05) is 0 Å². The molecule has 2 N–H and O–H groups in total. The molecule has 0 spiro atoms. The predicted octanol–water partition coefficient (Wildman–Crippen LogP) is 4.67. The van der Waals surface area contributed by atoms with Gasteiger partial charge in [-0.25, -0.2) is 13.9 Å². The summed E-state index contributed by atoms with van der Waals surface area (Å²) in [4.78, 5) is 51.8. The van der Waals surface area contributed by atoms with Crippen molar-refractivity contribution in [3.05, 3.63) is 70.4 Å². The van der Waals surface area contributed by atoms with E-state index in [2.05, 4.69) is 25.7 Å². The molecule has 2 aromatic heterocycles. The topological polar surface area (TPSA) is 150 Å². The zero-order chi connectivity index (χ0) is 35.8. The Morgan fingerprint density at radius 2 is 1.90 bits per heavy atom. The molecule has 1 aromatic carbocycles. The number of rotatable bonds is 12. The van der Waals surface area contributed by atoms with Gasteiger partial charge in [-0.1, -0.05) is 17.3 Å². The summed E-state index contributed by atoms with van der Waals surface area (Å²) in [5.74, 6) is -1.43. The van der Waals surface area contributed by atoms with Crippen LogP contribution in [0.5, 0.6) is 5.75 Å². The number of piperidine rings is 1. The molecular weight excluding hydrogens is 654 g/mol. The Hall–Kier alpha value is -4.96. The molecule has 2 unspecified atom stereocenters. The number of nitrogens with one attached hydrogen (secondary N) is 2. The van der Waals surface area contributed by atoms with Gasteiger partial charge in [0.2, 0.25) is 5.91 Å². The van der Waals surface area contributed by atoms with Crippen LogP contribution in [0.3, 0.4) is 0 Å². The average molecular weight is 694 g/mol. The molecule has 49 heavy (non-hydrogen) atoms. The van der Waals surface area contributed by atoms with Gasteiger partial charge in [-0.15, -0.1) is 18.3 Å². The molecule has 1 fully saturated rings. The Balaban J connectivity index is 1.20. The Labute approximate surface area is 279 Å². The van der Waals surface area contributed by atoms with Crippen molar-refractivity contribution in [2.45, 2.75) is 84.2 Å². The lowest BCUT2D eigenvalue weighted by molar-refractivity contribution is -0.274.